The summed E-state index contributed by atoms with van der Waals surface area (Å²) in [5.41, 5.74) is 0.539. The zero-order chi connectivity index (χ0) is 25.2. The van der Waals surface area contributed by atoms with Crippen molar-refractivity contribution in [2.24, 2.45) is 0 Å². The maximum atomic E-state index is 12.7. The van der Waals surface area contributed by atoms with Crippen LogP contribution >= 0.6 is 11.3 Å². The summed E-state index contributed by atoms with van der Waals surface area (Å²) < 4.78 is 7.21. The van der Waals surface area contributed by atoms with Crippen molar-refractivity contribution in [1.82, 2.24) is 10.3 Å². The molecule has 36 heavy (non-hydrogen) atoms. The Labute approximate surface area is 220 Å². The zero-order valence-electron chi connectivity index (χ0n) is 21.6. The van der Waals surface area contributed by atoms with Gasteiger partial charge in [0.05, 0.1) is 6.10 Å². The maximum absolute atomic E-state index is 12.7. The van der Waals surface area contributed by atoms with E-state index in [1.165, 1.54) is 29.6 Å². The van der Waals surface area contributed by atoms with E-state index in [0.717, 1.165) is 31.1 Å². The Morgan fingerprint density at radius 3 is 2.11 bits per heavy atom. The van der Waals surface area contributed by atoms with Gasteiger partial charge in [-0.15, -0.1) is 11.3 Å². The number of rotatable bonds is 7. The van der Waals surface area contributed by atoms with Crippen LogP contribution in [0.25, 0.3) is 0 Å². The van der Waals surface area contributed by atoms with E-state index in [-0.39, 0.29) is 17.0 Å². The minimum atomic E-state index is -2.56. The second-order valence-corrected chi connectivity index (χ2v) is 16.2. The molecule has 2 fully saturated rings. The van der Waals surface area contributed by atoms with Crippen LogP contribution in [0, 0.1) is 0 Å². The fraction of sp³-hybridized carbons (Fsp3) is 0.448. The lowest BCUT2D eigenvalue weighted by Crippen LogP contribution is -2.70. The van der Waals surface area contributed by atoms with Gasteiger partial charge in [-0.05, 0) is 28.3 Å². The standard InChI is InChI=1S/C29H37N3O2SSi/c1-29(2,3)36(24-15-9-5-10-16-24,25-17-11-6-12-18-25)34-23-19-32(20-23)28-31-26(21-35-28)27(33)30-22-13-7-4-8-14-22/h5-6,9-12,15-18,21-23H,4,7-8,13-14,19-20H2,1-3H3,(H,30,33). The predicted molar refractivity (Wildman–Crippen MR) is 151 cm³/mol. The third-order valence-electron chi connectivity index (χ3n) is 7.54. The van der Waals surface area contributed by atoms with Crippen LogP contribution in [0.2, 0.25) is 5.04 Å². The van der Waals surface area contributed by atoms with Gasteiger partial charge in [0.2, 0.25) is 0 Å². The van der Waals surface area contributed by atoms with E-state index in [1.807, 2.05) is 5.38 Å². The molecule has 1 aliphatic heterocycles. The van der Waals surface area contributed by atoms with Crippen molar-refractivity contribution in [2.45, 2.75) is 70.1 Å². The number of thiazole rings is 1. The molecule has 1 saturated heterocycles. The lowest BCUT2D eigenvalue weighted by atomic mass is 9.95. The first-order valence-electron chi connectivity index (χ1n) is 13.2. The number of aromatic nitrogens is 1. The number of hydrogen-bond donors (Lipinski definition) is 1. The van der Waals surface area contributed by atoms with Gasteiger partial charge in [-0.25, -0.2) is 4.98 Å². The highest BCUT2D eigenvalue weighted by molar-refractivity contribution is 7.14. The second kappa shape index (κ2) is 10.5. The molecular formula is C29H37N3O2SSi. The molecule has 2 aliphatic rings. The minimum absolute atomic E-state index is 0.0370. The smallest absolute Gasteiger partial charge is 0.271 e. The van der Waals surface area contributed by atoms with Gasteiger partial charge >= 0.3 is 0 Å². The molecule has 5 nitrogen and oxygen atoms in total. The Balaban J connectivity index is 1.30. The van der Waals surface area contributed by atoms with Gasteiger partial charge in [0.1, 0.15) is 5.69 Å². The van der Waals surface area contributed by atoms with Crippen LogP contribution in [-0.2, 0) is 4.43 Å². The fourth-order valence-electron chi connectivity index (χ4n) is 5.63. The molecule has 0 atom stereocenters. The number of hydrogen-bond acceptors (Lipinski definition) is 5. The molecule has 5 rings (SSSR count). The molecule has 1 aliphatic carbocycles. The first kappa shape index (κ1) is 25.2. The Bertz CT molecular complexity index is 1110. The van der Waals surface area contributed by atoms with Crippen molar-refractivity contribution in [2.75, 3.05) is 18.0 Å². The molecular weight excluding hydrogens is 482 g/mol. The van der Waals surface area contributed by atoms with E-state index in [9.17, 15) is 4.79 Å². The normalized spacial score (nSPS) is 17.6. The summed E-state index contributed by atoms with van der Waals surface area (Å²) in [7, 11) is -2.56. The molecule has 0 radical (unpaired) electrons. The number of benzene rings is 2. The summed E-state index contributed by atoms with van der Waals surface area (Å²) >= 11 is 1.55. The fourth-order valence-corrected chi connectivity index (χ4v) is 11.1. The Morgan fingerprint density at radius 2 is 1.56 bits per heavy atom. The summed E-state index contributed by atoms with van der Waals surface area (Å²) in [4.78, 5) is 19.6. The number of carbonyl (C=O) groups excluding carboxylic acids is 1. The van der Waals surface area contributed by atoms with Crippen LogP contribution in [0.15, 0.2) is 66.0 Å². The quantitative estimate of drug-likeness (QED) is 0.448. The van der Waals surface area contributed by atoms with Gasteiger partial charge < -0.3 is 14.6 Å². The van der Waals surface area contributed by atoms with Gasteiger partial charge in [0.15, 0.2) is 5.13 Å². The largest absolute Gasteiger partial charge is 0.401 e. The molecule has 1 N–H and O–H groups in total. The summed E-state index contributed by atoms with van der Waals surface area (Å²) in [5, 5.41) is 8.55. The highest BCUT2D eigenvalue weighted by Crippen LogP contribution is 2.39. The highest BCUT2D eigenvalue weighted by Gasteiger charge is 2.52. The molecule has 0 spiro atoms. The summed E-state index contributed by atoms with van der Waals surface area (Å²) in [5.74, 6) is -0.0370. The molecule has 0 bridgehead atoms. The minimum Gasteiger partial charge on any atom is -0.401 e. The van der Waals surface area contributed by atoms with E-state index in [0.29, 0.717) is 11.7 Å². The summed E-state index contributed by atoms with van der Waals surface area (Å²) in [6.45, 7) is 8.53. The van der Waals surface area contributed by atoms with Crippen molar-refractivity contribution in [3.63, 3.8) is 0 Å². The third kappa shape index (κ3) is 5.01. The lowest BCUT2D eigenvalue weighted by Gasteiger charge is -2.49. The van der Waals surface area contributed by atoms with Crippen LogP contribution < -0.4 is 20.6 Å². The van der Waals surface area contributed by atoms with Crippen LogP contribution in [-0.4, -0.2) is 44.4 Å². The van der Waals surface area contributed by atoms with Crippen LogP contribution in [0.1, 0.15) is 63.4 Å². The third-order valence-corrected chi connectivity index (χ3v) is 13.5. The Kier molecular flexibility index (Phi) is 7.33. The van der Waals surface area contributed by atoms with Gasteiger partial charge in [-0.1, -0.05) is 101 Å². The molecule has 7 heteroatoms. The molecule has 3 aromatic rings. The van der Waals surface area contributed by atoms with Gasteiger partial charge in [-0.3, -0.25) is 4.79 Å². The zero-order valence-corrected chi connectivity index (χ0v) is 23.4. The average molecular weight is 520 g/mol. The number of nitrogens with zero attached hydrogens (tertiary/aromatic N) is 2. The second-order valence-electron chi connectivity index (χ2n) is 11.1. The van der Waals surface area contributed by atoms with Crippen LogP contribution in [0.4, 0.5) is 5.13 Å². The van der Waals surface area contributed by atoms with Crippen molar-refractivity contribution in [3.8, 4) is 0 Å². The summed E-state index contributed by atoms with van der Waals surface area (Å²) in [6.07, 6.45) is 5.97. The molecule has 1 saturated carbocycles. The number of anilines is 1. The molecule has 1 amide bonds. The van der Waals surface area contributed by atoms with E-state index < -0.39 is 8.32 Å². The predicted octanol–water partition coefficient (Wildman–Crippen LogP) is 4.97. The number of amides is 1. The number of nitrogens with one attached hydrogen (secondary N) is 1. The van der Waals surface area contributed by atoms with Crippen LogP contribution in [0.3, 0.4) is 0 Å². The Morgan fingerprint density at radius 1 is 0.972 bits per heavy atom. The van der Waals surface area contributed by atoms with Gasteiger partial charge in [0, 0.05) is 24.5 Å². The van der Waals surface area contributed by atoms with Gasteiger partial charge in [-0.2, -0.15) is 0 Å². The van der Waals surface area contributed by atoms with E-state index >= 15 is 0 Å². The first-order valence-corrected chi connectivity index (χ1v) is 16.0. The summed E-state index contributed by atoms with van der Waals surface area (Å²) in [6, 6.07) is 21.9. The molecule has 2 heterocycles. The van der Waals surface area contributed by atoms with Crippen molar-refractivity contribution >= 4 is 41.1 Å². The van der Waals surface area contributed by atoms with Crippen LogP contribution in [0.5, 0.6) is 0 Å². The van der Waals surface area contributed by atoms with Gasteiger partial charge in [0.25, 0.3) is 14.2 Å². The van der Waals surface area contributed by atoms with E-state index in [4.69, 9.17) is 4.43 Å². The Hall–Kier alpha value is -2.48. The van der Waals surface area contributed by atoms with Crippen molar-refractivity contribution in [3.05, 3.63) is 71.7 Å². The lowest BCUT2D eigenvalue weighted by molar-refractivity contribution is 0.0923. The first-order chi connectivity index (χ1) is 17.4. The number of carbonyl (C=O) groups is 1. The molecule has 190 valence electrons. The average Bonchev–Trinajstić information content (AvgIpc) is 3.34. The van der Waals surface area contributed by atoms with E-state index in [2.05, 4.69) is 96.6 Å². The van der Waals surface area contributed by atoms with E-state index in [1.54, 1.807) is 11.3 Å². The molecule has 0 unspecified atom stereocenters. The highest BCUT2D eigenvalue weighted by atomic mass is 32.1. The van der Waals surface area contributed by atoms with Crippen molar-refractivity contribution in [1.29, 1.82) is 0 Å². The molecule has 2 aromatic carbocycles. The van der Waals surface area contributed by atoms with Crippen molar-refractivity contribution < 1.29 is 9.22 Å². The molecule has 1 aromatic heterocycles. The monoisotopic (exact) mass is 519 g/mol. The SMILES string of the molecule is CC(C)(C)[Si](OC1CN(c2nc(C(=O)NC3CCCCC3)cs2)C1)(c1ccccc1)c1ccccc1. The maximum Gasteiger partial charge on any atom is 0.271 e. The topological polar surface area (TPSA) is 54.5 Å².